The highest BCUT2D eigenvalue weighted by molar-refractivity contribution is 9.10. The van der Waals surface area contributed by atoms with Crippen LogP contribution in [0.3, 0.4) is 0 Å². The Morgan fingerprint density at radius 2 is 2.29 bits per heavy atom. The fraction of sp³-hybridized carbons (Fsp3) is 0.308. The average molecular weight is 310 g/mol. The third kappa shape index (κ3) is 1.75. The summed E-state index contributed by atoms with van der Waals surface area (Å²) in [7, 11) is 0. The van der Waals surface area contributed by atoms with Gasteiger partial charge in [-0.05, 0) is 46.8 Å². The summed E-state index contributed by atoms with van der Waals surface area (Å²) in [6.07, 6.45) is 1.65. The molecule has 0 saturated heterocycles. The predicted molar refractivity (Wildman–Crippen MR) is 72.3 cm³/mol. The van der Waals surface area contributed by atoms with Gasteiger partial charge in [0, 0.05) is 5.38 Å². The lowest BCUT2D eigenvalue weighted by Gasteiger charge is -2.21. The lowest BCUT2D eigenvalue weighted by molar-refractivity contribution is 0.0824. The molecule has 1 heterocycles. The van der Waals surface area contributed by atoms with Crippen molar-refractivity contribution in [3.63, 3.8) is 0 Å². The van der Waals surface area contributed by atoms with E-state index in [4.69, 9.17) is 0 Å². The van der Waals surface area contributed by atoms with Crippen molar-refractivity contribution in [3.05, 3.63) is 49.9 Å². The topological polar surface area (TPSA) is 33.1 Å². The maximum atomic E-state index is 10.9. The van der Waals surface area contributed by atoms with Gasteiger partial charge < -0.3 is 5.11 Å². The van der Waals surface area contributed by atoms with Gasteiger partial charge >= 0.3 is 0 Å². The number of rotatable bonds is 1. The first kappa shape index (κ1) is 11.4. The fourth-order valence-electron chi connectivity index (χ4n) is 2.41. The number of fused-ring (bicyclic) bond motifs is 1. The van der Waals surface area contributed by atoms with Crippen LogP contribution in [0.25, 0.3) is 0 Å². The number of benzene rings is 1. The fourth-order valence-corrected chi connectivity index (χ4v) is 3.80. The third-order valence-electron chi connectivity index (χ3n) is 3.30. The van der Waals surface area contributed by atoms with Crippen molar-refractivity contribution in [2.24, 2.45) is 0 Å². The SMILES string of the molecule is Cc1ccc2c(c1)C(O)(c1nc(Br)cs1)CC2. The van der Waals surface area contributed by atoms with E-state index < -0.39 is 5.60 Å². The van der Waals surface area contributed by atoms with E-state index in [-0.39, 0.29) is 0 Å². The molecule has 1 aromatic carbocycles. The Morgan fingerprint density at radius 3 is 3.00 bits per heavy atom. The van der Waals surface area contributed by atoms with Crippen molar-refractivity contribution in [2.45, 2.75) is 25.4 Å². The molecular formula is C13H12BrNOS. The predicted octanol–water partition coefficient (Wildman–Crippen LogP) is 3.40. The lowest BCUT2D eigenvalue weighted by atomic mass is 9.95. The van der Waals surface area contributed by atoms with Gasteiger partial charge in [0.15, 0.2) is 0 Å². The Bertz CT molecular complexity index is 581. The summed E-state index contributed by atoms with van der Waals surface area (Å²) in [6, 6.07) is 6.30. The van der Waals surface area contributed by atoms with Crippen molar-refractivity contribution in [3.8, 4) is 0 Å². The number of aryl methyl sites for hydroxylation is 2. The van der Waals surface area contributed by atoms with Crippen LogP contribution in [-0.4, -0.2) is 10.1 Å². The Morgan fingerprint density at radius 1 is 1.47 bits per heavy atom. The van der Waals surface area contributed by atoms with Crippen LogP contribution in [0.2, 0.25) is 0 Å². The first-order chi connectivity index (χ1) is 8.09. The molecule has 17 heavy (non-hydrogen) atoms. The van der Waals surface area contributed by atoms with Gasteiger partial charge in [-0.25, -0.2) is 4.98 Å². The summed E-state index contributed by atoms with van der Waals surface area (Å²) in [6.45, 7) is 2.05. The van der Waals surface area contributed by atoms with Gasteiger partial charge in [-0.1, -0.05) is 23.8 Å². The second kappa shape index (κ2) is 3.90. The molecule has 0 bridgehead atoms. The van der Waals surface area contributed by atoms with Gasteiger partial charge in [-0.3, -0.25) is 0 Å². The zero-order valence-electron chi connectivity index (χ0n) is 9.40. The molecular weight excluding hydrogens is 298 g/mol. The maximum absolute atomic E-state index is 10.9. The van der Waals surface area contributed by atoms with Crippen LogP contribution in [0.4, 0.5) is 0 Å². The van der Waals surface area contributed by atoms with Crippen LogP contribution in [0.5, 0.6) is 0 Å². The molecule has 1 atom stereocenters. The standard InChI is InChI=1S/C13H12BrNOS/c1-8-2-3-9-4-5-13(16,10(9)6-8)12-15-11(14)7-17-12/h2-3,6-7,16H,4-5H2,1H3. The van der Waals surface area contributed by atoms with Crippen molar-refractivity contribution >= 4 is 27.3 Å². The minimum Gasteiger partial charge on any atom is -0.378 e. The minimum atomic E-state index is -0.891. The first-order valence-corrected chi connectivity index (χ1v) is 7.21. The zero-order valence-corrected chi connectivity index (χ0v) is 11.8. The molecule has 1 aliphatic rings. The van der Waals surface area contributed by atoms with Crippen molar-refractivity contribution in [1.82, 2.24) is 4.98 Å². The number of nitrogens with zero attached hydrogens (tertiary/aromatic N) is 1. The molecule has 4 heteroatoms. The highest BCUT2D eigenvalue weighted by Crippen LogP contribution is 2.43. The number of aromatic nitrogens is 1. The van der Waals surface area contributed by atoms with Crippen LogP contribution < -0.4 is 0 Å². The molecule has 88 valence electrons. The summed E-state index contributed by atoms with van der Waals surface area (Å²) in [5, 5.41) is 13.6. The highest BCUT2D eigenvalue weighted by atomic mass is 79.9. The first-order valence-electron chi connectivity index (χ1n) is 5.53. The Kier molecular flexibility index (Phi) is 2.61. The summed E-state index contributed by atoms with van der Waals surface area (Å²) in [5.74, 6) is 0. The summed E-state index contributed by atoms with van der Waals surface area (Å²) in [5.41, 5.74) is 2.56. The zero-order chi connectivity index (χ0) is 12.0. The van der Waals surface area contributed by atoms with E-state index in [9.17, 15) is 5.11 Å². The van der Waals surface area contributed by atoms with Crippen LogP contribution in [0.15, 0.2) is 28.2 Å². The van der Waals surface area contributed by atoms with E-state index in [1.165, 1.54) is 22.5 Å². The Balaban J connectivity index is 2.16. The molecule has 0 saturated carbocycles. The largest absolute Gasteiger partial charge is 0.378 e. The van der Waals surface area contributed by atoms with E-state index in [1.54, 1.807) is 0 Å². The number of thiazole rings is 1. The number of aliphatic hydroxyl groups is 1. The third-order valence-corrected chi connectivity index (χ3v) is 5.00. The van der Waals surface area contributed by atoms with Crippen LogP contribution in [-0.2, 0) is 12.0 Å². The van der Waals surface area contributed by atoms with E-state index in [0.29, 0.717) is 0 Å². The van der Waals surface area contributed by atoms with Gasteiger partial charge in [0.1, 0.15) is 15.2 Å². The van der Waals surface area contributed by atoms with E-state index in [2.05, 4.69) is 46.0 Å². The van der Waals surface area contributed by atoms with Gasteiger partial charge in [-0.15, -0.1) is 11.3 Å². The molecule has 0 fully saturated rings. The molecule has 0 aliphatic heterocycles. The molecule has 0 spiro atoms. The van der Waals surface area contributed by atoms with Crippen molar-refractivity contribution < 1.29 is 5.11 Å². The summed E-state index contributed by atoms with van der Waals surface area (Å²) in [4.78, 5) is 4.38. The van der Waals surface area contributed by atoms with Gasteiger partial charge in [0.25, 0.3) is 0 Å². The monoisotopic (exact) mass is 309 g/mol. The number of hydrogen-bond donors (Lipinski definition) is 1. The molecule has 1 unspecified atom stereocenters. The molecule has 1 aliphatic carbocycles. The molecule has 2 aromatic rings. The Hall–Kier alpha value is -0.710. The van der Waals surface area contributed by atoms with Crippen molar-refractivity contribution in [2.75, 3.05) is 0 Å². The molecule has 1 aromatic heterocycles. The van der Waals surface area contributed by atoms with E-state index >= 15 is 0 Å². The minimum absolute atomic E-state index is 0.728. The molecule has 0 amide bonds. The second-order valence-electron chi connectivity index (χ2n) is 4.50. The summed E-state index contributed by atoms with van der Waals surface area (Å²) < 4.78 is 0.798. The van der Waals surface area contributed by atoms with Crippen LogP contribution in [0.1, 0.15) is 28.1 Å². The maximum Gasteiger partial charge on any atom is 0.142 e. The average Bonchev–Trinajstić information content (AvgIpc) is 2.86. The van der Waals surface area contributed by atoms with Crippen LogP contribution >= 0.6 is 27.3 Å². The second-order valence-corrected chi connectivity index (χ2v) is 6.17. The molecule has 0 radical (unpaired) electrons. The molecule has 3 rings (SSSR count). The van der Waals surface area contributed by atoms with E-state index in [1.807, 2.05) is 5.38 Å². The quantitative estimate of drug-likeness (QED) is 0.876. The number of hydrogen-bond acceptors (Lipinski definition) is 3. The normalized spacial score (nSPS) is 22.8. The Labute approximate surface area is 112 Å². The smallest absolute Gasteiger partial charge is 0.142 e. The molecule has 1 N–H and O–H groups in total. The molecule has 2 nitrogen and oxygen atoms in total. The van der Waals surface area contributed by atoms with E-state index in [0.717, 1.165) is 28.0 Å². The van der Waals surface area contributed by atoms with Crippen LogP contribution in [0, 0.1) is 6.92 Å². The highest BCUT2D eigenvalue weighted by Gasteiger charge is 2.40. The van der Waals surface area contributed by atoms with Crippen molar-refractivity contribution in [1.29, 1.82) is 0 Å². The van der Waals surface area contributed by atoms with Gasteiger partial charge in [0.05, 0.1) is 0 Å². The number of halogens is 1. The summed E-state index contributed by atoms with van der Waals surface area (Å²) >= 11 is 4.85. The lowest BCUT2D eigenvalue weighted by Crippen LogP contribution is -2.23. The van der Waals surface area contributed by atoms with Gasteiger partial charge in [0.2, 0.25) is 0 Å². The van der Waals surface area contributed by atoms with Gasteiger partial charge in [-0.2, -0.15) is 0 Å².